The van der Waals surface area contributed by atoms with E-state index in [1.54, 1.807) is 36.1 Å². The number of phenolic OH excluding ortho intramolecular Hbond substituents is 1. The second-order valence-electron chi connectivity index (χ2n) is 8.61. The number of halogens is 1. The van der Waals surface area contributed by atoms with Gasteiger partial charge in [-0.15, -0.1) is 5.10 Å². The minimum Gasteiger partial charge on any atom is -0.508 e. The van der Waals surface area contributed by atoms with Crippen LogP contribution in [0.4, 0.5) is 5.69 Å². The molecule has 1 fully saturated rings. The molecule has 2 aromatic carbocycles. The summed E-state index contributed by atoms with van der Waals surface area (Å²) in [4.78, 5) is 20.2. The van der Waals surface area contributed by atoms with E-state index in [2.05, 4.69) is 30.8 Å². The van der Waals surface area contributed by atoms with Crippen molar-refractivity contribution in [1.82, 2.24) is 30.2 Å². The summed E-state index contributed by atoms with van der Waals surface area (Å²) < 4.78 is 7.05. The average Bonchev–Trinajstić information content (AvgIpc) is 3.54. The highest BCUT2D eigenvalue weighted by atomic mass is 35.5. The zero-order chi connectivity index (χ0) is 24.4. The maximum absolute atomic E-state index is 12.8. The normalized spacial score (nSPS) is 18.9. The molecule has 0 spiro atoms. The van der Waals surface area contributed by atoms with E-state index in [4.69, 9.17) is 16.3 Å². The molecular weight excluding hydrogens is 470 g/mol. The van der Waals surface area contributed by atoms with Crippen molar-refractivity contribution in [3.63, 3.8) is 0 Å². The monoisotopic (exact) mass is 495 g/mol. The lowest BCUT2D eigenvalue weighted by molar-refractivity contribution is -0.151. The fourth-order valence-corrected chi connectivity index (χ4v) is 4.96. The largest absolute Gasteiger partial charge is 0.508 e. The number of H-pyrrole nitrogens is 1. The summed E-state index contributed by atoms with van der Waals surface area (Å²) in [6, 6.07) is 9.66. The molecule has 0 amide bonds. The highest BCUT2D eigenvalue weighted by molar-refractivity contribution is 6.30. The molecular formula is C24H26ClN7O3. The van der Waals surface area contributed by atoms with Crippen LogP contribution in [-0.4, -0.2) is 47.9 Å². The number of esters is 1. The topological polar surface area (TPSA) is 131 Å². The third kappa shape index (κ3) is 4.66. The average molecular weight is 496 g/mol. The first-order chi connectivity index (χ1) is 17.0. The van der Waals surface area contributed by atoms with Gasteiger partial charge in [0.2, 0.25) is 0 Å². The number of aromatic hydroxyl groups is 1. The quantitative estimate of drug-likeness (QED) is 0.321. The first-order valence-electron chi connectivity index (χ1n) is 11.7. The number of benzene rings is 2. The predicted molar refractivity (Wildman–Crippen MR) is 130 cm³/mol. The molecule has 0 bridgehead atoms. The summed E-state index contributed by atoms with van der Waals surface area (Å²) in [5.74, 6) is -0.0727. The summed E-state index contributed by atoms with van der Waals surface area (Å²) in [5, 5.41) is 27.3. The number of ether oxygens (including phenoxy) is 1. The van der Waals surface area contributed by atoms with E-state index in [0.29, 0.717) is 29.4 Å². The number of tetrazole rings is 1. The van der Waals surface area contributed by atoms with Gasteiger partial charge in [0.1, 0.15) is 11.8 Å². The van der Waals surface area contributed by atoms with Crippen LogP contribution in [0.2, 0.25) is 5.02 Å². The molecule has 3 N–H and O–H groups in total. The van der Waals surface area contributed by atoms with Crippen molar-refractivity contribution in [2.75, 3.05) is 11.9 Å². The number of rotatable bonds is 7. The Balaban J connectivity index is 1.57. The van der Waals surface area contributed by atoms with E-state index >= 15 is 0 Å². The van der Waals surface area contributed by atoms with E-state index in [1.165, 1.54) is 0 Å². The van der Waals surface area contributed by atoms with Gasteiger partial charge >= 0.3 is 5.97 Å². The zero-order valence-electron chi connectivity index (χ0n) is 19.2. The van der Waals surface area contributed by atoms with Crippen molar-refractivity contribution in [3.05, 3.63) is 59.1 Å². The van der Waals surface area contributed by atoms with Gasteiger partial charge in [0.05, 0.1) is 35.9 Å². The maximum atomic E-state index is 12.8. The van der Waals surface area contributed by atoms with Crippen LogP contribution >= 0.6 is 11.6 Å². The number of carbonyl (C=O) groups excluding carboxylic acids is 1. The van der Waals surface area contributed by atoms with Crippen LogP contribution in [0, 0.1) is 5.92 Å². The fourth-order valence-electron chi connectivity index (χ4n) is 4.78. The Hall–Kier alpha value is -3.66. The van der Waals surface area contributed by atoms with Crippen LogP contribution in [0.5, 0.6) is 5.75 Å². The molecule has 182 valence electrons. The number of aromatic amines is 1. The Morgan fingerprint density at radius 1 is 1.29 bits per heavy atom. The van der Waals surface area contributed by atoms with Crippen molar-refractivity contribution in [3.8, 4) is 5.75 Å². The molecule has 5 rings (SSSR count). The van der Waals surface area contributed by atoms with Crippen molar-refractivity contribution in [1.29, 1.82) is 0 Å². The van der Waals surface area contributed by atoms with Gasteiger partial charge in [-0.3, -0.25) is 4.79 Å². The molecule has 0 radical (unpaired) electrons. The van der Waals surface area contributed by atoms with Gasteiger partial charge in [0, 0.05) is 16.3 Å². The van der Waals surface area contributed by atoms with Gasteiger partial charge in [-0.2, -0.15) is 0 Å². The molecule has 0 saturated heterocycles. The Bertz CT molecular complexity index is 1340. The molecule has 2 heterocycles. The van der Waals surface area contributed by atoms with Crippen molar-refractivity contribution in [2.24, 2.45) is 5.92 Å². The minimum atomic E-state index is -0.648. The van der Waals surface area contributed by atoms with Gasteiger partial charge in [-0.25, -0.2) is 9.67 Å². The number of anilines is 1. The summed E-state index contributed by atoms with van der Waals surface area (Å²) in [7, 11) is 0. The fraction of sp³-hybridized carbons (Fsp3) is 0.375. The van der Waals surface area contributed by atoms with Crippen LogP contribution in [0.15, 0.2) is 42.7 Å². The number of nitrogens with one attached hydrogen (secondary N) is 2. The second-order valence-corrected chi connectivity index (χ2v) is 9.04. The number of carbonyl (C=O) groups is 1. The minimum absolute atomic E-state index is 0.0490. The number of hydrogen-bond donors (Lipinski definition) is 3. The number of phenols is 1. The molecule has 4 aromatic rings. The van der Waals surface area contributed by atoms with Gasteiger partial charge in [-0.05, 0) is 66.6 Å². The first kappa shape index (κ1) is 23.1. The molecule has 35 heavy (non-hydrogen) atoms. The molecule has 10 nitrogen and oxygen atoms in total. The summed E-state index contributed by atoms with van der Waals surface area (Å²) in [6.07, 6.45) is 4.98. The lowest BCUT2D eigenvalue weighted by Crippen LogP contribution is -2.33. The lowest BCUT2D eigenvalue weighted by Gasteiger charge is -2.31. The van der Waals surface area contributed by atoms with Crippen LogP contribution in [-0.2, 0) is 9.53 Å². The van der Waals surface area contributed by atoms with E-state index < -0.39 is 6.04 Å². The van der Waals surface area contributed by atoms with Gasteiger partial charge in [-0.1, -0.05) is 24.4 Å². The van der Waals surface area contributed by atoms with Crippen molar-refractivity contribution < 1.29 is 14.6 Å². The van der Waals surface area contributed by atoms with E-state index in [0.717, 1.165) is 36.0 Å². The standard InChI is InChI=1S/C24H26ClN7O3/c1-2-35-24(34)16-5-3-4-6-20(16)32-23(29-30-31-32)22(17-11-14(25)7-10-21(17)33)28-15-8-9-18-19(12-15)27-13-26-18/h7-13,16,20,22,28,33H,2-6H2,1H3,(H,26,27). The number of imidazole rings is 1. The van der Waals surface area contributed by atoms with Crippen LogP contribution in [0.1, 0.15) is 56.1 Å². The van der Waals surface area contributed by atoms with Crippen molar-refractivity contribution in [2.45, 2.75) is 44.7 Å². The molecule has 1 saturated carbocycles. The highest BCUT2D eigenvalue weighted by Crippen LogP contribution is 2.39. The zero-order valence-corrected chi connectivity index (χ0v) is 19.9. The number of hydrogen-bond acceptors (Lipinski definition) is 8. The van der Waals surface area contributed by atoms with E-state index in [-0.39, 0.29) is 23.7 Å². The molecule has 1 aliphatic rings. The van der Waals surface area contributed by atoms with Crippen molar-refractivity contribution >= 4 is 34.3 Å². The molecule has 2 aromatic heterocycles. The second kappa shape index (κ2) is 9.91. The highest BCUT2D eigenvalue weighted by Gasteiger charge is 2.37. The Morgan fingerprint density at radius 3 is 3.00 bits per heavy atom. The predicted octanol–water partition coefficient (Wildman–Crippen LogP) is 4.40. The molecule has 0 aliphatic heterocycles. The number of aromatic nitrogens is 6. The summed E-state index contributed by atoms with van der Waals surface area (Å²) in [5.41, 5.74) is 2.97. The van der Waals surface area contributed by atoms with Gasteiger partial charge in [0.25, 0.3) is 0 Å². The smallest absolute Gasteiger partial charge is 0.311 e. The third-order valence-electron chi connectivity index (χ3n) is 6.44. The molecule has 3 unspecified atom stereocenters. The Labute approximate surface area is 206 Å². The first-order valence-corrected chi connectivity index (χ1v) is 12.1. The molecule has 1 aliphatic carbocycles. The summed E-state index contributed by atoms with van der Waals surface area (Å²) >= 11 is 6.30. The summed E-state index contributed by atoms with van der Waals surface area (Å²) in [6.45, 7) is 2.12. The van der Waals surface area contributed by atoms with Crippen LogP contribution in [0.3, 0.4) is 0 Å². The number of nitrogens with zero attached hydrogens (tertiary/aromatic N) is 5. The molecule has 3 atom stereocenters. The van der Waals surface area contributed by atoms with E-state index in [9.17, 15) is 9.90 Å². The van der Waals surface area contributed by atoms with Gasteiger partial charge < -0.3 is 20.1 Å². The molecule has 11 heteroatoms. The maximum Gasteiger partial charge on any atom is 0.311 e. The number of fused-ring (bicyclic) bond motifs is 1. The van der Waals surface area contributed by atoms with Crippen LogP contribution in [0.25, 0.3) is 11.0 Å². The SMILES string of the molecule is CCOC(=O)C1CCCCC1n1nnnc1C(Nc1ccc2[nH]cnc2c1)c1cc(Cl)ccc1O. The third-order valence-corrected chi connectivity index (χ3v) is 6.68. The Kier molecular flexibility index (Phi) is 6.54. The Morgan fingerprint density at radius 2 is 2.14 bits per heavy atom. The lowest BCUT2D eigenvalue weighted by atomic mass is 9.84. The van der Waals surface area contributed by atoms with E-state index in [1.807, 2.05) is 18.2 Å². The van der Waals surface area contributed by atoms with Gasteiger partial charge in [0.15, 0.2) is 5.82 Å². The van der Waals surface area contributed by atoms with Crippen LogP contribution < -0.4 is 5.32 Å².